The molecule has 13 heteroatoms. The Kier molecular flexibility index (Phi) is 17.2. The van der Waals surface area contributed by atoms with Crippen molar-refractivity contribution in [3.8, 4) is 0 Å². The Morgan fingerprint density at radius 2 is 1.29 bits per heavy atom. The van der Waals surface area contributed by atoms with Crippen molar-refractivity contribution in [1.82, 2.24) is 17.6 Å². The van der Waals surface area contributed by atoms with Crippen molar-refractivity contribution in [2.45, 2.75) is 24.8 Å². The van der Waals surface area contributed by atoms with Crippen LogP contribution in [0.5, 0.6) is 0 Å². The molecule has 1 unspecified atom stereocenters. The van der Waals surface area contributed by atoms with Crippen molar-refractivity contribution in [3.05, 3.63) is 0 Å². The molecule has 24 heavy (non-hydrogen) atoms. The normalized spacial score (nSPS) is 11.0. The number of rotatable bonds is 11. The number of carboxylic acid groups (broad SMARTS) is 4. The molecular weight excluding hydrogens is 372 g/mol. The van der Waals surface area contributed by atoms with Crippen molar-refractivity contribution in [2.24, 2.45) is 11.7 Å². The van der Waals surface area contributed by atoms with E-state index >= 15 is 0 Å². The number of nitrogens with two attached hydrogens (primary N) is 1. The Hall–Kier alpha value is -1.76. The molecule has 0 spiro atoms. The molecule has 0 saturated carbocycles. The van der Waals surface area contributed by atoms with Crippen molar-refractivity contribution >= 4 is 23.9 Å². The zero-order chi connectivity index (χ0) is 16.6. The van der Waals surface area contributed by atoms with Gasteiger partial charge in [-0.25, -0.2) is 0 Å². The molecule has 0 aromatic heterocycles. The summed E-state index contributed by atoms with van der Waals surface area (Å²) in [4.78, 5) is 43.4. The van der Waals surface area contributed by atoms with E-state index < -0.39 is 61.1 Å². The van der Waals surface area contributed by atoms with E-state index in [0.717, 1.165) is 0 Å². The zero-order valence-electron chi connectivity index (χ0n) is 12.9. The molecule has 0 aromatic carbocycles. The average molecular weight is 396 g/mol. The first kappa shape index (κ1) is 30.2. The molecule has 0 rings (SSSR count). The third-order valence-corrected chi connectivity index (χ3v) is 3.01. The number of carboxylic acids is 4. The summed E-state index contributed by atoms with van der Waals surface area (Å²) in [7, 11) is 0. The molecule has 0 saturated heterocycles. The van der Waals surface area contributed by atoms with Crippen molar-refractivity contribution in [3.63, 3.8) is 0 Å². The molecule has 12 nitrogen and oxygen atoms in total. The molecule has 0 aliphatic heterocycles. The van der Waals surface area contributed by atoms with Crippen LogP contribution in [0.3, 0.4) is 0 Å². The van der Waals surface area contributed by atoms with Gasteiger partial charge in [0.25, 0.3) is 0 Å². The van der Waals surface area contributed by atoms with Crippen LogP contribution in [0.1, 0.15) is 19.3 Å². The van der Waals surface area contributed by atoms with Gasteiger partial charge in [0.2, 0.25) is 0 Å². The van der Waals surface area contributed by atoms with Crippen LogP contribution in [0.2, 0.25) is 0 Å². The van der Waals surface area contributed by atoms with Crippen LogP contribution in [0, 0.1) is 5.92 Å². The molecule has 0 fully saturated rings. The summed E-state index contributed by atoms with van der Waals surface area (Å²) in [6.07, 6.45) is -2.10. The van der Waals surface area contributed by atoms with Gasteiger partial charge in [0, 0.05) is 28.5 Å². The van der Waals surface area contributed by atoms with E-state index in [1.54, 1.807) is 0 Å². The number of nitrogens with one attached hydrogen (secondary N) is 1. The van der Waals surface area contributed by atoms with Gasteiger partial charge >= 0.3 is 23.9 Å². The first-order chi connectivity index (χ1) is 9.62. The van der Waals surface area contributed by atoms with Gasteiger partial charge in [-0.05, 0) is 6.54 Å². The van der Waals surface area contributed by atoms with E-state index in [-0.39, 0.29) is 35.9 Å². The van der Waals surface area contributed by atoms with Gasteiger partial charge < -0.3 is 38.5 Å². The molecule has 0 heterocycles. The largest absolute Gasteiger partial charge is 0.481 e. The van der Waals surface area contributed by atoms with Gasteiger partial charge in [-0.3, -0.25) is 24.5 Å². The van der Waals surface area contributed by atoms with Gasteiger partial charge in [0.05, 0.1) is 25.8 Å². The van der Waals surface area contributed by atoms with E-state index in [9.17, 15) is 19.2 Å². The van der Waals surface area contributed by atoms with Crippen LogP contribution in [-0.4, -0.2) is 62.9 Å². The number of hydrogen-bond donors (Lipinski definition) is 8. The summed E-state index contributed by atoms with van der Waals surface area (Å²) in [5, 5.41) is 37.7. The van der Waals surface area contributed by atoms with Crippen LogP contribution >= 0.6 is 0 Å². The van der Waals surface area contributed by atoms with E-state index in [4.69, 9.17) is 26.2 Å². The fourth-order valence-corrected chi connectivity index (χ4v) is 2.13. The first-order valence-corrected chi connectivity index (χ1v) is 5.95. The molecule has 13 N–H and O–H groups in total. The second-order valence-electron chi connectivity index (χ2n) is 4.57. The second-order valence-corrected chi connectivity index (χ2v) is 4.57. The fourth-order valence-electron chi connectivity index (χ4n) is 2.13. The van der Waals surface area contributed by atoms with E-state index in [0.29, 0.717) is 0 Å². The molecule has 0 aromatic rings. The van der Waals surface area contributed by atoms with Gasteiger partial charge in [-0.15, -0.1) is 0 Å². The van der Waals surface area contributed by atoms with Crippen molar-refractivity contribution in [1.29, 1.82) is 0 Å². The minimum absolute atomic E-state index is 0. The maximum absolute atomic E-state index is 11.0. The van der Waals surface area contributed by atoms with Gasteiger partial charge in [-0.2, -0.15) is 0 Å². The minimum Gasteiger partial charge on any atom is -0.481 e. The molecule has 0 aliphatic rings. The Balaban J connectivity index is -0.000000667. The zero-order valence-corrected chi connectivity index (χ0v) is 14.0. The predicted octanol–water partition coefficient (Wildman–Crippen LogP) is -1.28. The minimum atomic E-state index is -1.76. The van der Waals surface area contributed by atoms with E-state index in [2.05, 4.69) is 5.32 Å². The topological polar surface area (TPSA) is 257 Å². The third-order valence-electron chi connectivity index (χ3n) is 3.01. The number of carbonyl (C=O) groups is 4. The average Bonchev–Trinajstić information content (AvgIpc) is 2.31. The van der Waals surface area contributed by atoms with Gasteiger partial charge in [0.1, 0.15) is 0 Å². The van der Waals surface area contributed by atoms with Crippen LogP contribution < -0.4 is 23.4 Å². The number of hydrogen-bond acceptors (Lipinski definition) is 8. The van der Waals surface area contributed by atoms with Crippen LogP contribution in [-0.2, 0) is 36.2 Å². The summed E-state index contributed by atoms with van der Waals surface area (Å²) in [6, 6.07) is 0. The second kappa shape index (κ2) is 13.7. The third kappa shape index (κ3) is 10.9. The van der Waals surface area contributed by atoms with Gasteiger partial charge in [-0.1, -0.05) is 0 Å². The quantitative estimate of drug-likeness (QED) is 0.190. The monoisotopic (exact) mass is 396 g/mol. The Bertz CT molecular complexity index is 418. The summed E-state index contributed by atoms with van der Waals surface area (Å²) in [5.41, 5.74) is 3.67. The molecule has 1 atom stereocenters. The Morgan fingerprint density at radius 1 is 0.875 bits per heavy atom. The maximum atomic E-state index is 11.0. The number of aliphatic carboxylic acids is 4. The molecular formula is C11H24FeN4O8. The molecule has 0 radical (unpaired) electrons. The summed E-state index contributed by atoms with van der Waals surface area (Å²) in [6.45, 7) is -1.02. The van der Waals surface area contributed by atoms with Crippen LogP contribution in [0.15, 0.2) is 0 Å². The molecule has 144 valence electrons. The predicted molar refractivity (Wildman–Crippen MR) is 77.7 cm³/mol. The van der Waals surface area contributed by atoms with Crippen LogP contribution in [0.25, 0.3) is 0 Å². The maximum Gasteiger partial charge on any atom is 0.317 e. The fraction of sp³-hybridized carbons (Fsp3) is 0.636. The van der Waals surface area contributed by atoms with E-state index in [1.807, 2.05) is 0 Å². The first-order valence-electron chi connectivity index (χ1n) is 5.95. The summed E-state index contributed by atoms with van der Waals surface area (Å²) < 4.78 is 0. The smallest absolute Gasteiger partial charge is 0.317 e. The van der Waals surface area contributed by atoms with Crippen molar-refractivity contribution < 1.29 is 56.7 Å². The Morgan fingerprint density at radius 3 is 1.54 bits per heavy atom. The van der Waals surface area contributed by atoms with Gasteiger partial charge in [0.15, 0.2) is 0 Å². The van der Waals surface area contributed by atoms with Crippen molar-refractivity contribution in [2.75, 3.05) is 13.1 Å². The Labute approximate surface area is 148 Å². The van der Waals surface area contributed by atoms with Crippen LogP contribution in [0.4, 0.5) is 0 Å². The summed E-state index contributed by atoms with van der Waals surface area (Å²) in [5.74, 6) is -6.46. The summed E-state index contributed by atoms with van der Waals surface area (Å²) >= 11 is 0. The standard InChI is InChI=1S/C11H18N2O8.Fe.2H3N/c12-4-6(1-7(14)15)11(2-8(16)17,3-9(18)19)13-5-10(20)21;;;/h6,13H,1-5,12H2,(H,14,15)(H,16,17)(H,18,19)(H,20,21);;2*1H3. The molecule has 0 amide bonds. The van der Waals surface area contributed by atoms with E-state index in [1.165, 1.54) is 0 Å². The molecule has 0 aliphatic carbocycles. The molecule has 0 bridgehead atoms. The SMILES string of the molecule is N.N.NCC(CC(=O)O)C(CC(=O)O)(CC(=O)O)NCC(=O)O.[Fe].